The number of benzene rings is 1. The topological polar surface area (TPSA) is 83.1 Å². The molecule has 0 saturated heterocycles. The van der Waals surface area contributed by atoms with Gasteiger partial charge in [-0.05, 0) is 44.2 Å². The van der Waals surface area contributed by atoms with Crippen molar-refractivity contribution in [1.82, 2.24) is 15.0 Å². The van der Waals surface area contributed by atoms with Crippen LogP contribution in [0, 0.1) is 0 Å². The van der Waals surface area contributed by atoms with Crippen LogP contribution in [0.3, 0.4) is 0 Å². The van der Waals surface area contributed by atoms with E-state index < -0.39 is 11.2 Å². The standard InChI is InChI=1S/C19H19N3O3S/c1-19(2)8-6-13-16(20-9-7-17(13)25-19)11-26(23)18-21-14-5-4-12(24-3)10-15(14)22-18/h4-10H,11H2,1-3H3,(H,21,22). The third kappa shape index (κ3) is 3.15. The molecule has 1 N–H and O–H groups in total. The van der Waals surface area contributed by atoms with E-state index in [2.05, 4.69) is 15.0 Å². The first-order chi connectivity index (χ1) is 12.4. The first kappa shape index (κ1) is 16.9. The number of H-pyrrole nitrogens is 1. The Balaban J connectivity index is 1.62. The molecule has 1 aliphatic heterocycles. The molecule has 6 nitrogen and oxygen atoms in total. The number of imidazole rings is 1. The summed E-state index contributed by atoms with van der Waals surface area (Å²) in [5.74, 6) is 1.73. The summed E-state index contributed by atoms with van der Waals surface area (Å²) < 4.78 is 24.0. The van der Waals surface area contributed by atoms with Crippen molar-refractivity contribution in [2.24, 2.45) is 0 Å². The van der Waals surface area contributed by atoms with Gasteiger partial charge < -0.3 is 14.0 Å². The van der Waals surface area contributed by atoms with Crippen LogP contribution >= 0.6 is 0 Å². The van der Waals surface area contributed by atoms with Gasteiger partial charge in [0.25, 0.3) is 0 Å². The first-order valence-electron chi connectivity index (χ1n) is 8.23. The number of nitrogens with zero attached hydrogens (tertiary/aromatic N) is 2. The monoisotopic (exact) mass is 369 g/mol. The van der Waals surface area contributed by atoms with Crippen LogP contribution < -0.4 is 9.47 Å². The molecular weight excluding hydrogens is 350 g/mol. The third-order valence-electron chi connectivity index (χ3n) is 4.21. The molecule has 0 spiro atoms. The summed E-state index contributed by atoms with van der Waals surface area (Å²) in [5, 5.41) is 0.425. The van der Waals surface area contributed by atoms with Crippen LogP contribution in [0.1, 0.15) is 25.1 Å². The van der Waals surface area contributed by atoms with Crippen molar-refractivity contribution in [1.29, 1.82) is 0 Å². The fourth-order valence-electron chi connectivity index (χ4n) is 2.87. The van der Waals surface area contributed by atoms with Crippen LogP contribution in [-0.2, 0) is 16.9 Å². The van der Waals surface area contributed by atoms with Gasteiger partial charge in [-0.1, -0.05) is 0 Å². The summed E-state index contributed by atoms with van der Waals surface area (Å²) in [4.78, 5) is 12.0. The molecule has 0 fully saturated rings. The van der Waals surface area contributed by atoms with Crippen molar-refractivity contribution in [2.45, 2.75) is 30.4 Å². The minimum atomic E-state index is -1.35. The highest BCUT2D eigenvalue weighted by Gasteiger charge is 2.26. The summed E-state index contributed by atoms with van der Waals surface area (Å²) in [7, 11) is 1.61. The van der Waals surface area contributed by atoms with E-state index in [1.807, 2.05) is 50.3 Å². The van der Waals surface area contributed by atoms with Gasteiger partial charge in [-0.2, -0.15) is 4.98 Å². The lowest BCUT2D eigenvalue weighted by atomic mass is 10.0. The van der Waals surface area contributed by atoms with Gasteiger partial charge in [0.05, 0.1) is 18.1 Å². The highest BCUT2D eigenvalue weighted by molar-refractivity contribution is 7.90. The number of hydrogen-bond donors (Lipinski definition) is 1. The molecule has 4 rings (SSSR count). The molecule has 1 aromatic carbocycles. The molecule has 1 aliphatic rings. The number of ether oxygens (including phenoxy) is 2. The fraction of sp³-hybridized carbons (Fsp3) is 0.263. The maximum Gasteiger partial charge on any atom is 0.322 e. The zero-order chi connectivity index (χ0) is 18.3. The molecule has 7 heteroatoms. The Labute approximate surface area is 154 Å². The number of pyridine rings is 1. The quantitative estimate of drug-likeness (QED) is 0.712. The zero-order valence-corrected chi connectivity index (χ0v) is 15.6. The van der Waals surface area contributed by atoms with Crippen LogP contribution in [-0.4, -0.2) is 32.2 Å². The highest BCUT2D eigenvalue weighted by Crippen LogP contribution is 2.33. The molecule has 0 radical (unpaired) electrons. The van der Waals surface area contributed by atoms with Gasteiger partial charge in [0, 0.05) is 29.0 Å². The van der Waals surface area contributed by atoms with Crippen LogP contribution in [0.4, 0.5) is 0 Å². The predicted octanol–water partition coefficient (Wildman–Crippen LogP) is 3.46. The van der Waals surface area contributed by atoms with E-state index in [9.17, 15) is 4.55 Å². The lowest BCUT2D eigenvalue weighted by molar-refractivity contribution is 0.158. The van der Waals surface area contributed by atoms with Crippen molar-refractivity contribution >= 4 is 28.3 Å². The number of fused-ring (bicyclic) bond motifs is 2. The van der Waals surface area contributed by atoms with E-state index in [1.54, 1.807) is 13.3 Å². The lowest BCUT2D eigenvalue weighted by Gasteiger charge is -2.28. The third-order valence-corrected chi connectivity index (χ3v) is 5.37. The van der Waals surface area contributed by atoms with E-state index in [0.717, 1.165) is 28.0 Å². The maximum atomic E-state index is 12.8. The Kier molecular flexibility index (Phi) is 4.13. The molecule has 134 valence electrons. The van der Waals surface area contributed by atoms with Gasteiger partial charge in [-0.3, -0.25) is 9.97 Å². The molecule has 1 unspecified atom stereocenters. The lowest BCUT2D eigenvalue weighted by Crippen LogP contribution is -2.28. The van der Waals surface area contributed by atoms with Crippen LogP contribution in [0.2, 0.25) is 0 Å². The van der Waals surface area contributed by atoms with Gasteiger partial charge in [0.15, 0.2) is 5.75 Å². The number of aromatic nitrogens is 3. The fourth-order valence-corrected chi connectivity index (χ4v) is 3.91. The maximum absolute atomic E-state index is 12.8. The van der Waals surface area contributed by atoms with Gasteiger partial charge >= 0.3 is 5.16 Å². The Morgan fingerprint density at radius 1 is 1.31 bits per heavy atom. The molecule has 0 saturated carbocycles. The Morgan fingerprint density at radius 2 is 2.15 bits per heavy atom. The minimum absolute atomic E-state index is 0.258. The SMILES string of the molecule is COc1ccc2[nH]c([S+]([O-])Cc3nccc4c3C=CC(C)(C)O4)nc2c1. The van der Waals surface area contributed by atoms with Crippen LogP contribution in [0.15, 0.2) is 41.7 Å². The van der Waals surface area contributed by atoms with E-state index in [1.165, 1.54) is 0 Å². The van der Waals surface area contributed by atoms with Crippen molar-refractivity contribution in [3.63, 3.8) is 0 Å². The molecule has 3 heterocycles. The van der Waals surface area contributed by atoms with E-state index in [-0.39, 0.29) is 11.4 Å². The van der Waals surface area contributed by atoms with E-state index in [4.69, 9.17) is 9.47 Å². The van der Waals surface area contributed by atoms with Gasteiger partial charge in [0.1, 0.15) is 22.8 Å². The summed E-state index contributed by atoms with van der Waals surface area (Å²) in [6.45, 7) is 3.99. The number of aromatic amines is 1. The average molecular weight is 369 g/mol. The van der Waals surface area contributed by atoms with Gasteiger partial charge in [-0.25, -0.2) is 0 Å². The summed E-state index contributed by atoms with van der Waals surface area (Å²) in [5.41, 5.74) is 2.79. The second-order valence-corrected chi connectivity index (χ2v) is 7.99. The molecular formula is C19H19N3O3S. The smallest absolute Gasteiger partial charge is 0.322 e. The normalized spacial score (nSPS) is 16.2. The molecule has 0 amide bonds. The highest BCUT2D eigenvalue weighted by atomic mass is 32.2. The van der Waals surface area contributed by atoms with Crippen molar-refractivity contribution < 1.29 is 14.0 Å². The number of nitrogens with one attached hydrogen (secondary N) is 1. The first-order valence-corrected chi connectivity index (χ1v) is 9.55. The van der Waals surface area contributed by atoms with Gasteiger partial charge in [-0.15, -0.1) is 0 Å². The second kappa shape index (κ2) is 6.34. The Morgan fingerprint density at radius 3 is 2.96 bits per heavy atom. The minimum Gasteiger partial charge on any atom is -0.609 e. The Bertz CT molecular complexity index is 997. The van der Waals surface area contributed by atoms with Crippen LogP contribution in [0.25, 0.3) is 17.1 Å². The molecule has 26 heavy (non-hydrogen) atoms. The predicted molar refractivity (Wildman–Crippen MR) is 101 cm³/mol. The number of methoxy groups -OCH3 is 1. The van der Waals surface area contributed by atoms with Crippen molar-refractivity contribution in [3.8, 4) is 11.5 Å². The average Bonchev–Trinajstić information content (AvgIpc) is 3.04. The number of hydrogen-bond acceptors (Lipinski definition) is 5. The molecule has 2 aromatic heterocycles. The summed E-state index contributed by atoms with van der Waals surface area (Å²) in [6, 6.07) is 7.35. The molecule has 3 aromatic rings. The van der Waals surface area contributed by atoms with Gasteiger partial charge in [0.2, 0.25) is 0 Å². The summed E-state index contributed by atoms with van der Waals surface area (Å²) >= 11 is -1.35. The zero-order valence-electron chi connectivity index (χ0n) is 14.8. The van der Waals surface area contributed by atoms with E-state index in [0.29, 0.717) is 10.9 Å². The van der Waals surface area contributed by atoms with Crippen molar-refractivity contribution in [2.75, 3.05) is 7.11 Å². The molecule has 1 atom stereocenters. The number of rotatable bonds is 4. The summed E-state index contributed by atoms with van der Waals surface area (Å²) in [6.07, 6.45) is 5.66. The van der Waals surface area contributed by atoms with Crippen LogP contribution in [0.5, 0.6) is 11.5 Å². The largest absolute Gasteiger partial charge is 0.609 e. The Hall–Kier alpha value is -2.51. The molecule has 0 bridgehead atoms. The second-order valence-electron chi connectivity index (χ2n) is 6.62. The molecule has 0 aliphatic carbocycles. The van der Waals surface area contributed by atoms with Crippen molar-refractivity contribution in [3.05, 3.63) is 47.8 Å². The van der Waals surface area contributed by atoms with E-state index >= 15 is 0 Å².